The lowest BCUT2D eigenvalue weighted by Gasteiger charge is -2.18. The van der Waals surface area contributed by atoms with Gasteiger partial charge in [0.15, 0.2) is 0 Å². The summed E-state index contributed by atoms with van der Waals surface area (Å²) in [6.07, 6.45) is 14.2. The molecule has 0 spiro atoms. The molecule has 0 aliphatic rings. The summed E-state index contributed by atoms with van der Waals surface area (Å²) in [6.45, 7) is 9.14. The second-order valence-electron chi connectivity index (χ2n) is 15.5. The molecule has 0 saturated carbocycles. The van der Waals surface area contributed by atoms with E-state index in [9.17, 15) is 0 Å². The topological polar surface area (TPSA) is 9.86 Å². The predicted molar refractivity (Wildman–Crippen MR) is 235 cm³/mol. The quantitative estimate of drug-likeness (QED) is 0.100. The minimum absolute atomic E-state index is 1.12. The van der Waals surface area contributed by atoms with Gasteiger partial charge in [-0.25, -0.2) is 0 Å². The van der Waals surface area contributed by atoms with Crippen molar-refractivity contribution in [2.24, 2.45) is 0 Å². The number of hydrogen-bond acceptors (Lipinski definition) is 0. The van der Waals surface area contributed by atoms with Crippen LogP contribution in [0.1, 0.15) is 101 Å². The molecule has 0 bridgehead atoms. The van der Waals surface area contributed by atoms with E-state index in [1.165, 1.54) is 140 Å². The number of unbranched alkanes of at least 4 members (excludes halogenated alkanes) is 4. The van der Waals surface area contributed by atoms with E-state index < -0.39 is 0 Å². The van der Waals surface area contributed by atoms with Crippen molar-refractivity contribution in [2.75, 3.05) is 0 Å². The molecule has 0 unspecified atom stereocenters. The molecule has 2 aromatic heterocycles. The fraction of sp³-hybridized carbons (Fsp3) is 0.308. The second kappa shape index (κ2) is 16.1. The highest BCUT2D eigenvalue weighted by Crippen LogP contribution is 2.41. The number of fused-ring (bicyclic) bond motifs is 6. The Morgan fingerprint density at radius 3 is 0.889 bits per heavy atom. The molecule has 8 aromatic rings. The van der Waals surface area contributed by atoms with Crippen molar-refractivity contribution in [1.29, 1.82) is 0 Å². The largest absolute Gasteiger partial charge is 0.309 e. The zero-order valence-corrected chi connectivity index (χ0v) is 32.9. The number of aryl methyl sites for hydroxylation is 4. The molecule has 0 fully saturated rings. The molecule has 0 aliphatic heterocycles. The molecule has 0 N–H and O–H groups in total. The number of benzene rings is 6. The van der Waals surface area contributed by atoms with Crippen LogP contribution < -0.4 is 0 Å². The summed E-state index contributed by atoms with van der Waals surface area (Å²) < 4.78 is 5.08. The Labute approximate surface area is 322 Å². The lowest BCUT2D eigenvalue weighted by atomic mass is 10.0. The van der Waals surface area contributed by atoms with Crippen molar-refractivity contribution >= 4 is 43.6 Å². The van der Waals surface area contributed by atoms with Crippen molar-refractivity contribution in [2.45, 2.75) is 105 Å². The van der Waals surface area contributed by atoms with E-state index in [1.54, 1.807) is 0 Å². The zero-order chi connectivity index (χ0) is 37.0. The van der Waals surface area contributed by atoms with Gasteiger partial charge in [-0.05, 0) is 134 Å². The van der Waals surface area contributed by atoms with Gasteiger partial charge in [0.2, 0.25) is 0 Å². The van der Waals surface area contributed by atoms with Gasteiger partial charge >= 0.3 is 0 Å². The molecule has 0 aliphatic carbocycles. The Balaban J connectivity index is 1.35. The first-order valence-electron chi connectivity index (χ1n) is 20.9. The van der Waals surface area contributed by atoms with Crippen LogP contribution in [0, 0.1) is 0 Å². The first kappa shape index (κ1) is 35.9. The lowest BCUT2D eigenvalue weighted by Crippen LogP contribution is -2.01. The van der Waals surface area contributed by atoms with Gasteiger partial charge in [0.25, 0.3) is 0 Å². The third-order valence-corrected chi connectivity index (χ3v) is 11.6. The van der Waals surface area contributed by atoms with Crippen LogP contribution in [0.4, 0.5) is 0 Å². The average molecular weight is 709 g/mol. The van der Waals surface area contributed by atoms with Gasteiger partial charge in [-0.3, -0.25) is 0 Å². The fourth-order valence-electron chi connectivity index (χ4n) is 8.69. The van der Waals surface area contributed by atoms with Crippen LogP contribution in [0.15, 0.2) is 121 Å². The van der Waals surface area contributed by atoms with Gasteiger partial charge < -0.3 is 9.13 Å². The second-order valence-corrected chi connectivity index (χ2v) is 15.5. The molecule has 2 heteroatoms. The minimum atomic E-state index is 1.12. The van der Waals surface area contributed by atoms with Crippen molar-refractivity contribution < 1.29 is 0 Å². The van der Waals surface area contributed by atoms with Gasteiger partial charge in [-0.1, -0.05) is 114 Å². The minimum Gasteiger partial charge on any atom is -0.309 e. The first-order chi connectivity index (χ1) is 26.6. The molecular formula is C52H56N2. The number of aromatic nitrogens is 2. The summed E-state index contributed by atoms with van der Waals surface area (Å²) >= 11 is 0. The van der Waals surface area contributed by atoms with Gasteiger partial charge in [-0.15, -0.1) is 0 Å². The highest BCUT2D eigenvalue weighted by Gasteiger charge is 2.21. The molecule has 0 saturated heterocycles. The molecule has 0 radical (unpaired) electrons. The first-order valence-corrected chi connectivity index (χ1v) is 20.9. The van der Waals surface area contributed by atoms with Gasteiger partial charge in [0, 0.05) is 32.7 Å². The van der Waals surface area contributed by atoms with E-state index in [4.69, 9.17) is 0 Å². The van der Waals surface area contributed by atoms with E-state index in [-0.39, 0.29) is 0 Å². The molecule has 274 valence electrons. The maximum atomic E-state index is 2.54. The summed E-state index contributed by atoms with van der Waals surface area (Å²) in [5, 5.41) is 5.45. The summed E-state index contributed by atoms with van der Waals surface area (Å²) in [5.74, 6) is 0. The summed E-state index contributed by atoms with van der Waals surface area (Å²) in [6, 6.07) is 47.1. The summed E-state index contributed by atoms with van der Waals surface area (Å²) in [4.78, 5) is 0. The van der Waals surface area contributed by atoms with Crippen molar-refractivity contribution in [3.8, 4) is 22.5 Å². The molecular weight excluding hydrogens is 653 g/mol. The van der Waals surface area contributed by atoms with Crippen LogP contribution in [-0.2, 0) is 25.7 Å². The molecule has 6 aromatic carbocycles. The van der Waals surface area contributed by atoms with E-state index in [0.717, 1.165) is 25.7 Å². The highest BCUT2D eigenvalue weighted by molar-refractivity contribution is 6.12. The standard InChI is InChI=1S/C52H56N2/c1-5-9-17-37-25-29-49-43(33-37)44-34-38(18-10-6-2)26-30-50(44)53(49)47-23-15-13-21-41(47)42-22-14-16-24-48(42)54-51-31-27-39(19-11-7-3)35-45(51)46-36-40(20-12-8-4)28-32-52(46)54/h13-16,21-36H,5-12,17-20H2,1-4H3. The number of nitrogens with zero attached hydrogens (tertiary/aromatic N) is 2. The monoisotopic (exact) mass is 708 g/mol. The van der Waals surface area contributed by atoms with Crippen molar-refractivity contribution in [1.82, 2.24) is 9.13 Å². The Morgan fingerprint density at radius 1 is 0.333 bits per heavy atom. The van der Waals surface area contributed by atoms with Gasteiger partial charge in [0.05, 0.1) is 33.4 Å². The maximum Gasteiger partial charge on any atom is 0.0541 e. The average Bonchev–Trinajstić information content (AvgIpc) is 3.71. The van der Waals surface area contributed by atoms with Crippen LogP contribution in [0.2, 0.25) is 0 Å². The molecule has 8 rings (SSSR count). The number of rotatable bonds is 15. The van der Waals surface area contributed by atoms with Crippen molar-refractivity contribution in [3.05, 3.63) is 144 Å². The molecule has 2 nitrogen and oxygen atoms in total. The van der Waals surface area contributed by atoms with Crippen molar-refractivity contribution in [3.63, 3.8) is 0 Å². The smallest absolute Gasteiger partial charge is 0.0541 e. The van der Waals surface area contributed by atoms with E-state index in [0.29, 0.717) is 0 Å². The Bertz CT molecular complexity index is 2250. The Morgan fingerprint density at radius 2 is 0.611 bits per heavy atom. The maximum absolute atomic E-state index is 2.54. The number of para-hydroxylation sites is 2. The zero-order valence-electron chi connectivity index (χ0n) is 32.9. The van der Waals surface area contributed by atoms with E-state index in [2.05, 4.69) is 158 Å². The van der Waals surface area contributed by atoms with Gasteiger partial charge in [0.1, 0.15) is 0 Å². The Hall–Kier alpha value is -5.08. The van der Waals surface area contributed by atoms with Crippen LogP contribution in [0.5, 0.6) is 0 Å². The normalized spacial score (nSPS) is 11.9. The van der Waals surface area contributed by atoms with E-state index >= 15 is 0 Å². The molecule has 0 atom stereocenters. The van der Waals surface area contributed by atoms with E-state index in [1.807, 2.05) is 0 Å². The molecule has 2 heterocycles. The molecule has 0 amide bonds. The SMILES string of the molecule is CCCCc1ccc2c(c1)c1cc(CCCC)ccc1n2-c1ccccc1-c1ccccc1-n1c2ccc(CCCC)cc2c2cc(CCCC)ccc21. The lowest BCUT2D eigenvalue weighted by molar-refractivity contribution is 0.795. The Kier molecular flexibility index (Phi) is 10.7. The predicted octanol–water partition coefficient (Wildman–Crippen LogP) is 14.9. The van der Waals surface area contributed by atoms with Crippen LogP contribution >= 0.6 is 0 Å². The third-order valence-electron chi connectivity index (χ3n) is 11.6. The van der Waals surface area contributed by atoms with Gasteiger partial charge in [-0.2, -0.15) is 0 Å². The number of hydrogen-bond donors (Lipinski definition) is 0. The van der Waals surface area contributed by atoms with Crippen LogP contribution in [0.3, 0.4) is 0 Å². The highest BCUT2D eigenvalue weighted by atomic mass is 15.0. The van der Waals surface area contributed by atoms with Crippen LogP contribution in [-0.4, -0.2) is 9.13 Å². The fourth-order valence-corrected chi connectivity index (χ4v) is 8.69. The molecule has 54 heavy (non-hydrogen) atoms. The summed E-state index contributed by atoms with van der Waals surface area (Å²) in [5.41, 5.74) is 15.8. The third kappa shape index (κ3) is 6.77. The van der Waals surface area contributed by atoms with Crippen LogP contribution in [0.25, 0.3) is 66.1 Å². The summed E-state index contributed by atoms with van der Waals surface area (Å²) in [7, 11) is 0.